The molecule has 1 heteroatoms. The summed E-state index contributed by atoms with van der Waals surface area (Å²) in [7, 11) is 2.15. The van der Waals surface area contributed by atoms with Gasteiger partial charge in [0, 0.05) is 24.7 Å². The SMILES string of the molecule is C=C1C(C)C/C(C)=C\C(C)(C)CN1C. The van der Waals surface area contributed by atoms with Crippen molar-refractivity contribution < 1.29 is 0 Å². The Labute approximate surface area is 88.5 Å². The third kappa shape index (κ3) is 2.63. The van der Waals surface area contributed by atoms with Crippen LogP contribution in [0.1, 0.15) is 34.1 Å². The van der Waals surface area contributed by atoms with Gasteiger partial charge in [0.05, 0.1) is 0 Å². The maximum atomic E-state index is 4.18. The fourth-order valence-corrected chi connectivity index (χ4v) is 2.46. The smallest absolute Gasteiger partial charge is 0.0257 e. The van der Waals surface area contributed by atoms with Crippen molar-refractivity contribution in [3.05, 3.63) is 23.9 Å². The standard InChI is InChI=1S/C13H23N/c1-10-7-11(2)12(3)14(6)9-13(4,5)8-10/h8,11H,3,7,9H2,1-2,4-6H3/b10-8-. The largest absolute Gasteiger partial charge is 0.377 e. The van der Waals surface area contributed by atoms with E-state index in [4.69, 9.17) is 0 Å². The van der Waals surface area contributed by atoms with Gasteiger partial charge >= 0.3 is 0 Å². The van der Waals surface area contributed by atoms with Crippen LogP contribution in [0, 0.1) is 11.3 Å². The highest BCUT2D eigenvalue weighted by molar-refractivity contribution is 5.14. The number of hydrogen-bond acceptors (Lipinski definition) is 1. The van der Waals surface area contributed by atoms with Crippen LogP contribution < -0.4 is 0 Å². The Hall–Kier alpha value is -0.720. The fourth-order valence-electron chi connectivity index (χ4n) is 2.46. The first-order valence-electron chi connectivity index (χ1n) is 5.40. The molecule has 80 valence electrons. The summed E-state index contributed by atoms with van der Waals surface area (Å²) in [5.41, 5.74) is 3.03. The molecular weight excluding hydrogens is 170 g/mol. The van der Waals surface area contributed by atoms with Crippen molar-refractivity contribution in [2.24, 2.45) is 11.3 Å². The van der Waals surface area contributed by atoms with E-state index < -0.39 is 0 Å². The average molecular weight is 193 g/mol. The third-order valence-corrected chi connectivity index (χ3v) is 2.97. The molecule has 1 heterocycles. The minimum atomic E-state index is 0.266. The molecule has 1 rings (SSSR count). The van der Waals surface area contributed by atoms with Crippen LogP contribution in [0.3, 0.4) is 0 Å². The number of nitrogens with zero attached hydrogens (tertiary/aromatic N) is 1. The van der Waals surface area contributed by atoms with Crippen molar-refractivity contribution in [3.8, 4) is 0 Å². The molecule has 0 fully saturated rings. The van der Waals surface area contributed by atoms with Crippen molar-refractivity contribution in [2.75, 3.05) is 13.6 Å². The van der Waals surface area contributed by atoms with Crippen LogP contribution in [0.25, 0.3) is 0 Å². The molecule has 1 unspecified atom stereocenters. The first-order valence-corrected chi connectivity index (χ1v) is 5.40. The summed E-state index contributed by atoms with van der Waals surface area (Å²) in [4.78, 5) is 2.30. The molecular formula is C13H23N. The Morgan fingerprint density at radius 1 is 1.50 bits per heavy atom. The van der Waals surface area contributed by atoms with Crippen molar-refractivity contribution in [1.82, 2.24) is 4.90 Å². The van der Waals surface area contributed by atoms with E-state index in [2.05, 4.69) is 52.3 Å². The molecule has 0 bridgehead atoms. The molecule has 0 radical (unpaired) electrons. The lowest BCUT2D eigenvalue weighted by atomic mass is 9.85. The quantitative estimate of drug-likeness (QED) is 0.533. The van der Waals surface area contributed by atoms with Crippen LogP contribution in [0.15, 0.2) is 23.9 Å². The van der Waals surface area contributed by atoms with E-state index in [0.29, 0.717) is 5.92 Å². The van der Waals surface area contributed by atoms with Crippen LogP contribution in [0.4, 0.5) is 0 Å². The van der Waals surface area contributed by atoms with Gasteiger partial charge in [-0.2, -0.15) is 0 Å². The minimum Gasteiger partial charge on any atom is -0.377 e. The van der Waals surface area contributed by atoms with E-state index in [1.165, 1.54) is 11.3 Å². The molecule has 0 aliphatic carbocycles. The normalized spacial score (nSPS) is 31.8. The van der Waals surface area contributed by atoms with Crippen LogP contribution in [-0.4, -0.2) is 18.5 Å². The topological polar surface area (TPSA) is 3.24 Å². The molecule has 1 aliphatic heterocycles. The molecule has 0 aromatic rings. The Bertz CT molecular complexity index is 260. The van der Waals surface area contributed by atoms with Gasteiger partial charge in [-0.15, -0.1) is 0 Å². The molecule has 1 nitrogen and oxygen atoms in total. The first-order chi connectivity index (χ1) is 6.32. The van der Waals surface area contributed by atoms with Crippen molar-refractivity contribution in [1.29, 1.82) is 0 Å². The van der Waals surface area contributed by atoms with Gasteiger partial charge in [-0.1, -0.05) is 39.0 Å². The molecule has 14 heavy (non-hydrogen) atoms. The van der Waals surface area contributed by atoms with E-state index in [9.17, 15) is 0 Å². The second-order valence-electron chi connectivity index (χ2n) is 5.43. The molecule has 0 aromatic carbocycles. The lowest BCUT2D eigenvalue weighted by molar-refractivity contribution is 0.267. The van der Waals surface area contributed by atoms with Crippen molar-refractivity contribution >= 4 is 0 Å². The highest BCUT2D eigenvalue weighted by Crippen LogP contribution is 2.30. The summed E-state index contributed by atoms with van der Waals surface area (Å²) in [6.45, 7) is 14.3. The monoisotopic (exact) mass is 193 g/mol. The summed E-state index contributed by atoms with van der Waals surface area (Å²) >= 11 is 0. The number of hydrogen-bond donors (Lipinski definition) is 0. The molecule has 1 aliphatic rings. The fraction of sp³-hybridized carbons (Fsp3) is 0.692. The predicted octanol–water partition coefficient (Wildman–Crippen LogP) is 3.44. The van der Waals surface area contributed by atoms with Gasteiger partial charge in [-0.25, -0.2) is 0 Å². The molecule has 0 saturated carbocycles. The van der Waals surface area contributed by atoms with Crippen LogP contribution in [0.2, 0.25) is 0 Å². The molecule has 1 atom stereocenters. The molecule has 0 saturated heterocycles. The Morgan fingerprint density at radius 3 is 2.64 bits per heavy atom. The third-order valence-electron chi connectivity index (χ3n) is 2.97. The zero-order chi connectivity index (χ0) is 10.9. The summed E-state index contributed by atoms with van der Waals surface area (Å²) in [5.74, 6) is 0.576. The van der Waals surface area contributed by atoms with Crippen molar-refractivity contribution in [3.63, 3.8) is 0 Å². The van der Waals surface area contributed by atoms with Crippen LogP contribution >= 0.6 is 0 Å². The molecule has 0 aromatic heterocycles. The molecule has 0 N–H and O–H groups in total. The first kappa shape index (κ1) is 11.4. The van der Waals surface area contributed by atoms with Crippen molar-refractivity contribution in [2.45, 2.75) is 34.1 Å². The minimum absolute atomic E-state index is 0.266. The van der Waals surface area contributed by atoms with E-state index in [-0.39, 0.29) is 5.41 Å². The van der Waals surface area contributed by atoms with Gasteiger partial charge in [-0.05, 0) is 19.3 Å². The van der Waals surface area contributed by atoms with E-state index in [1.54, 1.807) is 0 Å². The summed E-state index contributed by atoms with van der Waals surface area (Å²) in [6, 6.07) is 0. The van der Waals surface area contributed by atoms with Crippen LogP contribution in [0.5, 0.6) is 0 Å². The van der Waals surface area contributed by atoms with Crippen LogP contribution in [-0.2, 0) is 0 Å². The molecule has 0 spiro atoms. The lowest BCUT2D eigenvalue weighted by Gasteiger charge is -2.36. The second kappa shape index (κ2) is 3.80. The van der Waals surface area contributed by atoms with Gasteiger partial charge < -0.3 is 4.90 Å². The zero-order valence-corrected chi connectivity index (χ0v) is 10.2. The molecule has 0 amide bonds. The maximum Gasteiger partial charge on any atom is 0.0257 e. The lowest BCUT2D eigenvalue weighted by Crippen LogP contribution is -2.33. The number of allylic oxidation sites excluding steroid dienone is 2. The Balaban J connectivity index is 2.95. The summed E-state index contributed by atoms with van der Waals surface area (Å²) in [5, 5.41) is 0. The van der Waals surface area contributed by atoms with Gasteiger partial charge in [0.25, 0.3) is 0 Å². The van der Waals surface area contributed by atoms with E-state index in [0.717, 1.165) is 13.0 Å². The summed E-state index contributed by atoms with van der Waals surface area (Å²) < 4.78 is 0. The highest BCUT2D eigenvalue weighted by Gasteiger charge is 2.23. The van der Waals surface area contributed by atoms with Gasteiger partial charge in [0.1, 0.15) is 0 Å². The maximum absolute atomic E-state index is 4.18. The van der Waals surface area contributed by atoms with E-state index >= 15 is 0 Å². The zero-order valence-electron chi connectivity index (χ0n) is 10.2. The average Bonchev–Trinajstić information content (AvgIpc) is 1.98. The predicted molar refractivity (Wildman–Crippen MR) is 63.1 cm³/mol. The van der Waals surface area contributed by atoms with Gasteiger partial charge in [0.2, 0.25) is 0 Å². The Kier molecular flexibility index (Phi) is 3.08. The van der Waals surface area contributed by atoms with Gasteiger partial charge in [0.15, 0.2) is 0 Å². The van der Waals surface area contributed by atoms with E-state index in [1.807, 2.05) is 0 Å². The second-order valence-corrected chi connectivity index (χ2v) is 5.43. The number of rotatable bonds is 0. The summed E-state index contributed by atoms with van der Waals surface area (Å²) in [6.07, 6.45) is 3.55. The Morgan fingerprint density at radius 2 is 2.07 bits per heavy atom. The highest BCUT2D eigenvalue weighted by atomic mass is 15.1. The van der Waals surface area contributed by atoms with Gasteiger partial charge in [-0.3, -0.25) is 0 Å².